The second kappa shape index (κ2) is 24.3. The number of nitrogens with two attached hydrogens (primary N) is 1. The number of H-pyrrole nitrogens is 1. The van der Waals surface area contributed by atoms with E-state index in [2.05, 4.69) is 6.92 Å². The molecular weight excluding hydrogens is 850 g/mol. The van der Waals surface area contributed by atoms with Crippen molar-refractivity contribution in [3.8, 4) is 0 Å². The van der Waals surface area contributed by atoms with E-state index in [-0.39, 0.29) is 25.8 Å². The Kier molecular flexibility index (Phi) is 19.8. The Morgan fingerprint density at radius 3 is 2.12 bits per heavy atom. The molecule has 0 aliphatic carbocycles. The second-order valence-electron chi connectivity index (χ2n) is 17.0. The van der Waals surface area contributed by atoms with Crippen LogP contribution in [0.5, 0.6) is 0 Å². The highest BCUT2D eigenvalue weighted by atomic mass is 16.7. The Morgan fingerprint density at radius 2 is 1.53 bits per heavy atom. The molecular formula is C41H65N5O18. The lowest BCUT2D eigenvalue weighted by molar-refractivity contribution is -0.233. The zero-order valence-corrected chi connectivity index (χ0v) is 36.6. The van der Waals surface area contributed by atoms with Crippen LogP contribution in [0.1, 0.15) is 97.1 Å². The number of hydrogen-bond donors (Lipinski definition) is 8. The first kappa shape index (κ1) is 52.3. The zero-order valence-electron chi connectivity index (χ0n) is 36.6. The number of aromatic amines is 1. The molecule has 0 bridgehead atoms. The maximum Gasteiger partial charge on any atom is 0.330 e. The summed E-state index contributed by atoms with van der Waals surface area (Å²) in [5.41, 5.74) is 3.90. The summed E-state index contributed by atoms with van der Waals surface area (Å²) in [6.07, 6.45) is -9.91. The summed E-state index contributed by atoms with van der Waals surface area (Å²) >= 11 is 0. The Hall–Kier alpha value is -4.33. The van der Waals surface area contributed by atoms with Gasteiger partial charge in [-0.3, -0.25) is 38.4 Å². The van der Waals surface area contributed by atoms with Crippen LogP contribution in [0.25, 0.3) is 0 Å². The van der Waals surface area contributed by atoms with Crippen LogP contribution in [0.4, 0.5) is 0 Å². The smallest absolute Gasteiger partial charge is 0.330 e. The molecule has 4 rings (SSSR count). The van der Waals surface area contributed by atoms with Crippen LogP contribution in [0.2, 0.25) is 0 Å². The molecule has 1 aromatic heterocycles. The summed E-state index contributed by atoms with van der Waals surface area (Å²) in [4.78, 5) is 93.8. The molecule has 64 heavy (non-hydrogen) atoms. The molecule has 9 N–H and O–H groups in total. The number of amides is 1. The van der Waals surface area contributed by atoms with Crippen LogP contribution in [-0.4, -0.2) is 180 Å². The number of carboxylic acid groups (broad SMARTS) is 2. The standard InChI is InChI=1S/C41H65N5O18/c1-5-6-7-8-9-10-11-12-13-22(60-27(50)17-21(2)16-26(48)49)18-28(51)61-24-20-44(3)30(37(56)45(4)29(24)39(57)58)35(64-40-34(55)31(52)23(19-42)62-40)36-32(53)33(54)38(63-36)46-15-14-25(47)43-41(46)59/h14-15,21-24,29-36,38,40,52-55H,5-13,16-20,42H2,1-4H3,(H,48,49)(H,57,58)(H,43,47,59)/t21?,22?,23-,24?,29?,30?,31+,32+,33-,34+,35?,36+,38-,40+/m1/s1. The van der Waals surface area contributed by atoms with E-state index >= 15 is 0 Å². The third kappa shape index (κ3) is 13.6. The number of esters is 2. The Morgan fingerprint density at radius 1 is 0.875 bits per heavy atom. The van der Waals surface area contributed by atoms with Crippen molar-refractivity contribution in [1.82, 2.24) is 19.4 Å². The third-order valence-electron chi connectivity index (χ3n) is 11.8. The number of likely N-dealkylation sites (N-methyl/N-ethyl adjacent to an activating group) is 2. The number of nitrogens with zero attached hydrogens (tertiary/aromatic N) is 3. The summed E-state index contributed by atoms with van der Waals surface area (Å²) in [5.74, 6) is -5.91. The topological polar surface area (TPSA) is 340 Å². The molecule has 3 aliphatic heterocycles. The minimum atomic E-state index is -1.95. The van der Waals surface area contributed by atoms with Gasteiger partial charge in [-0.25, -0.2) is 9.59 Å². The van der Waals surface area contributed by atoms with Gasteiger partial charge in [-0.1, -0.05) is 58.8 Å². The van der Waals surface area contributed by atoms with E-state index < -0.39 is 139 Å². The normalized spacial score (nSPS) is 30.1. The molecule has 14 atom stereocenters. The van der Waals surface area contributed by atoms with Crippen molar-refractivity contribution < 1.29 is 78.3 Å². The largest absolute Gasteiger partial charge is 0.481 e. The van der Waals surface area contributed by atoms with Gasteiger partial charge in [0, 0.05) is 45.2 Å². The Labute approximate surface area is 369 Å². The number of aromatic nitrogens is 2. The molecule has 4 heterocycles. The van der Waals surface area contributed by atoms with Crippen molar-refractivity contribution in [3.05, 3.63) is 33.1 Å². The van der Waals surface area contributed by atoms with E-state index in [0.29, 0.717) is 6.42 Å². The molecule has 0 saturated carbocycles. The highest BCUT2D eigenvalue weighted by molar-refractivity contribution is 5.88. The summed E-state index contributed by atoms with van der Waals surface area (Å²) in [7, 11) is 2.46. The summed E-state index contributed by atoms with van der Waals surface area (Å²) in [6.45, 7) is 2.93. The van der Waals surface area contributed by atoms with E-state index in [9.17, 15) is 59.1 Å². The minimum Gasteiger partial charge on any atom is -0.481 e. The lowest BCUT2D eigenvalue weighted by atomic mass is 9.97. The SMILES string of the molecule is CCCCCCCCCCC(CC(=O)OC1CN(C)C(C(O[C@@H]2O[C@H](CN)[C@H](O)[C@@H]2O)[C@H]2O[C@@H](n3ccc(=O)[nH]c3=O)[C@H](O)[C@@H]2O)C(=O)N(C)C1C(=O)O)OC(=O)CC(C)CC(=O)O. The Balaban J connectivity index is 1.61. The number of aliphatic hydroxyl groups is 4. The van der Waals surface area contributed by atoms with Gasteiger partial charge in [-0.2, -0.15) is 0 Å². The summed E-state index contributed by atoms with van der Waals surface area (Å²) in [5, 5.41) is 63.7. The number of hydrogen-bond acceptors (Lipinski definition) is 18. The molecule has 3 aliphatic rings. The number of unbranched alkanes of at least 4 members (excludes halogenated alkanes) is 7. The fraction of sp³-hybridized carbons (Fsp3) is 0.780. The van der Waals surface area contributed by atoms with Gasteiger partial charge < -0.3 is 65.0 Å². The van der Waals surface area contributed by atoms with Crippen molar-refractivity contribution in [2.75, 3.05) is 27.2 Å². The predicted octanol–water partition coefficient (Wildman–Crippen LogP) is -1.58. The van der Waals surface area contributed by atoms with E-state index in [1.165, 1.54) is 11.9 Å². The van der Waals surface area contributed by atoms with Gasteiger partial charge in [-0.15, -0.1) is 0 Å². The molecule has 0 spiro atoms. The number of aliphatic carboxylic acids is 2. The number of aliphatic hydroxyl groups excluding tert-OH is 4. The number of carboxylic acids is 2. The number of nitrogens with one attached hydrogen (secondary N) is 1. The van der Waals surface area contributed by atoms with Gasteiger partial charge in [0.15, 0.2) is 18.6 Å². The zero-order chi connectivity index (χ0) is 47.4. The van der Waals surface area contributed by atoms with Crippen LogP contribution in [0, 0.1) is 5.92 Å². The van der Waals surface area contributed by atoms with Gasteiger partial charge in [-0.05, 0) is 25.8 Å². The molecule has 0 aromatic carbocycles. The monoisotopic (exact) mass is 915 g/mol. The van der Waals surface area contributed by atoms with Crippen molar-refractivity contribution in [2.45, 2.75) is 170 Å². The summed E-state index contributed by atoms with van der Waals surface area (Å²) in [6, 6.07) is -2.56. The molecule has 1 amide bonds. The molecule has 1 aromatic rings. The van der Waals surface area contributed by atoms with Gasteiger partial charge in [0.2, 0.25) is 5.91 Å². The predicted molar refractivity (Wildman–Crippen MR) is 220 cm³/mol. The average Bonchev–Trinajstić information content (AvgIpc) is 3.62. The lowest BCUT2D eigenvalue weighted by Crippen LogP contribution is -2.59. The van der Waals surface area contributed by atoms with Gasteiger partial charge >= 0.3 is 29.6 Å². The van der Waals surface area contributed by atoms with Crippen molar-refractivity contribution in [2.24, 2.45) is 11.7 Å². The van der Waals surface area contributed by atoms with E-state index in [4.69, 9.17) is 34.5 Å². The Bertz CT molecular complexity index is 1850. The number of rotatable bonds is 24. The van der Waals surface area contributed by atoms with Gasteiger partial charge in [0.1, 0.15) is 61.0 Å². The average molecular weight is 916 g/mol. The van der Waals surface area contributed by atoms with Gasteiger partial charge in [0.05, 0.1) is 6.42 Å². The molecule has 3 saturated heterocycles. The number of carbonyl (C=O) groups is 5. The van der Waals surface area contributed by atoms with Crippen molar-refractivity contribution >= 4 is 29.8 Å². The third-order valence-corrected chi connectivity index (χ3v) is 11.8. The van der Waals surface area contributed by atoms with Crippen molar-refractivity contribution in [3.63, 3.8) is 0 Å². The molecule has 362 valence electrons. The van der Waals surface area contributed by atoms with Crippen LogP contribution in [-0.2, 0) is 47.7 Å². The number of ether oxygens (including phenoxy) is 5. The molecule has 23 heteroatoms. The highest BCUT2D eigenvalue weighted by Gasteiger charge is 2.57. The maximum atomic E-state index is 14.5. The first-order chi connectivity index (χ1) is 30.3. The van der Waals surface area contributed by atoms with E-state index in [0.717, 1.165) is 73.7 Å². The first-order valence-corrected chi connectivity index (χ1v) is 21.8. The fourth-order valence-electron chi connectivity index (χ4n) is 8.42. The molecule has 6 unspecified atom stereocenters. The fourth-order valence-corrected chi connectivity index (χ4v) is 8.42. The van der Waals surface area contributed by atoms with Crippen LogP contribution >= 0.6 is 0 Å². The molecule has 3 fully saturated rings. The number of carbonyl (C=O) groups excluding carboxylic acids is 3. The first-order valence-electron chi connectivity index (χ1n) is 21.8. The highest BCUT2D eigenvalue weighted by Crippen LogP contribution is 2.36. The van der Waals surface area contributed by atoms with Gasteiger partial charge in [0.25, 0.3) is 5.56 Å². The lowest BCUT2D eigenvalue weighted by Gasteiger charge is -2.38. The van der Waals surface area contributed by atoms with Crippen LogP contribution < -0.4 is 17.0 Å². The quantitative estimate of drug-likeness (QED) is 0.0428. The second-order valence-corrected chi connectivity index (χ2v) is 17.0. The van der Waals surface area contributed by atoms with Crippen molar-refractivity contribution in [1.29, 1.82) is 0 Å². The van der Waals surface area contributed by atoms with E-state index in [1.54, 1.807) is 6.92 Å². The maximum absolute atomic E-state index is 14.5. The van der Waals surface area contributed by atoms with E-state index in [1.807, 2.05) is 4.98 Å². The minimum absolute atomic E-state index is 0.227. The summed E-state index contributed by atoms with van der Waals surface area (Å²) < 4.78 is 30.0. The van der Waals surface area contributed by atoms with Crippen LogP contribution in [0.15, 0.2) is 21.9 Å². The van der Waals surface area contributed by atoms with Crippen LogP contribution in [0.3, 0.4) is 0 Å². The molecule has 23 nitrogen and oxygen atoms in total. The molecule has 0 radical (unpaired) electrons.